The van der Waals surface area contributed by atoms with E-state index in [1.165, 1.54) is 6.07 Å². The summed E-state index contributed by atoms with van der Waals surface area (Å²) in [6, 6.07) is 4.72. The number of benzene rings is 1. The van der Waals surface area contributed by atoms with Gasteiger partial charge < -0.3 is 5.32 Å². The monoisotopic (exact) mass is 213 g/mol. The molecule has 0 saturated heterocycles. The molecule has 0 radical (unpaired) electrons. The third kappa shape index (κ3) is 1.79. The Morgan fingerprint density at radius 2 is 2.07 bits per heavy atom. The third-order valence-electron chi connectivity index (χ3n) is 2.36. The summed E-state index contributed by atoms with van der Waals surface area (Å²) >= 11 is 0. The summed E-state index contributed by atoms with van der Waals surface area (Å²) < 4.78 is 30.6. The highest BCUT2D eigenvalue weighted by Gasteiger charge is 2.14. The first-order valence-corrected chi connectivity index (χ1v) is 5.81. The summed E-state index contributed by atoms with van der Waals surface area (Å²) in [6.07, 6.45) is 0.804. The van der Waals surface area contributed by atoms with Crippen molar-refractivity contribution < 1.29 is 13.0 Å². The standard InChI is InChI=1S/C9H11NO3S/c11-14(12,13)9-2-1-8-6-10-4-3-7(8)5-9/h1-2,5,10H,3-4,6H2,(H,11,12,13). The normalized spacial score (nSPS) is 16.4. The Kier molecular flexibility index (Phi) is 2.30. The van der Waals surface area contributed by atoms with E-state index in [4.69, 9.17) is 4.55 Å². The number of fused-ring (bicyclic) bond motifs is 1. The van der Waals surface area contributed by atoms with Crippen LogP contribution in [-0.4, -0.2) is 19.5 Å². The van der Waals surface area contributed by atoms with Crippen molar-refractivity contribution in [2.45, 2.75) is 17.9 Å². The second-order valence-corrected chi connectivity index (χ2v) is 4.75. The van der Waals surface area contributed by atoms with E-state index in [-0.39, 0.29) is 4.90 Å². The molecule has 0 atom stereocenters. The lowest BCUT2D eigenvalue weighted by Crippen LogP contribution is -2.23. The van der Waals surface area contributed by atoms with Crippen LogP contribution in [0.5, 0.6) is 0 Å². The van der Waals surface area contributed by atoms with Crippen LogP contribution >= 0.6 is 0 Å². The van der Waals surface area contributed by atoms with Gasteiger partial charge in [-0.1, -0.05) is 6.07 Å². The summed E-state index contributed by atoms with van der Waals surface area (Å²) in [7, 11) is -4.06. The molecule has 76 valence electrons. The molecule has 14 heavy (non-hydrogen) atoms. The maximum absolute atomic E-state index is 10.9. The molecule has 1 aromatic carbocycles. The summed E-state index contributed by atoms with van der Waals surface area (Å²) in [4.78, 5) is -0.0156. The van der Waals surface area contributed by atoms with Crippen LogP contribution in [-0.2, 0) is 23.1 Å². The molecule has 0 fully saturated rings. The van der Waals surface area contributed by atoms with E-state index in [9.17, 15) is 8.42 Å². The highest BCUT2D eigenvalue weighted by Crippen LogP contribution is 2.18. The maximum atomic E-state index is 10.9. The molecule has 0 bridgehead atoms. The zero-order chi connectivity index (χ0) is 10.2. The Labute approximate surface area is 82.7 Å². The van der Waals surface area contributed by atoms with Gasteiger partial charge in [0.05, 0.1) is 4.90 Å². The van der Waals surface area contributed by atoms with Gasteiger partial charge >= 0.3 is 0 Å². The molecule has 0 unspecified atom stereocenters. The van der Waals surface area contributed by atoms with E-state index in [1.807, 2.05) is 0 Å². The average Bonchev–Trinajstić information content (AvgIpc) is 2.16. The molecule has 1 aliphatic rings. The molecule has 1 aromatic rings. The first kappa shape index (κ1) is 9.64. The minimum atomic E-state index is -4.06. The Morgan fingerprint density at radius 3 is 2.79 bits per heavy atom. The van der Waals surface area contributed by atoms with Crippen LogP contribution in [0.2, 0.25) is 0 Å². The van der Waals surface area contributed by atoms with Gasteiger partial charge in [0.25, 0.3) is 10.1 Å². The molecule has 0 spiro atoms. The lowest BCUT2D eigenvalue weighted by Gasteiger charge is -2.17. The predicted octanol–water partition coefficient (Wildman–Crippen LogP) is 0.579. The summed E-state index contributed by atoms with van der Waals surface area (Å²) in [5, 5.41) is 3.19. The van der Waals surface area contributed by atoms with E-state index in [0.29, 0.717) is 0 Å². The van der Waals surface area contributed by atoms with Gasteiger partial charge in [-0.05, 0) is 36.2 Å². The van der Waals surface area contributed by atoms with Crippen molar-refractivity contribution in [1.29, 1.82) is 0 Å². The van der Waals surface area contributed by atoms with E-state index >= 15 is 0 Å². The largest absolute Gasteiger partial charge is 0.312 e. The van der Waals surface area contributed by atoms with Crippen LogP contribution in [0.15, 0.2) is 23.1 Å². The zero-order valence-corrected chi connectivity index (χ0v) is 8.34. The van der Waals surface area contributed by atoms with Gasteiger partial charge in [-0.3, -0.25) is 4.55 Å². The van der Waals surface area contributed by atoms with Crippen LogP contribution in [0.1, 0.15) is 11.1 Å². The van der Waals surface area contributed by atoms with Crippen molar-refractivity contribution in [2.75, 3.05) is 6.54 Å². The fraction of sp³-hybridized carbons (Fsp3) is 0.333. The van der Waals surface area contributed by atoms with E-state index in [2.05, 4.69) is 5.32 Å². The first-order valence-electron chi connectivity index (χ1n) is 4.37. The van der Waals surface area contributed by atoms with Crippen molar-refractivity contribution in [3.63, 3.8) is 0 Å². The van der Waals surface area contributed by atoms with Gasteiger partial charge in [-0.15, -0.1) is 0 Å². The van der Waals surface area contributed by atoms with Gasteiger partial charge in [0.1, 0.15) is 0 Å². The highest BCUT2D eigenvalue weighted by atomic mass is 32.2. The topological polar surface area (TPSA) is 66.4 Å². The lowest BCUT2D eigenvalue weighted by atomic mass is 10.0. The van der Waals surface area contributed by atoms with Crippen molar-refractivity contribution in [3.8, 4) is 0 Å². The van der Waals surface area contributed by atoms with Crippen LogP contribution < -0.4 is 5.32 Å². The molecule has 0 aromatic heterocycles. The zero-order valence-electron chi connectivity index (χ0n) is 7.53. The number of rotatable bonds is 1. The molecule has 1 aliphatic heterocycles. The SMILES string of the molecule is O=S(=O)(O)c1ccc2c(c1)CCNC2. The Morgan fingerprint density at radius 1 is 1.29 bits per heavy atom. The summed E-state index contributed by atoms with van der Waals surface area (Å²) in [6.45, 7) is 1.61. The van der Waals surface area contributed by atoms with Gasteiger partial charge in [0, 0.05) is 6.54 Å². The maximum Gasteiger partial charge on any atom is 0.294 e. The Bertz CT molecular complexity index is 453. The molecular weight excluding hydrogens is 202 g/mol. The number of hydrogen-bond donors (Lipinski definition) is 2. The van der Waals surface area contributed by atoms with Crippen LogP contribution in [0, 0.1) is 0 Å². The van der Waals surface area contributed by atoms with E-state index in [1.54, 1.807) is 12.1 Å². The lowest BCUT2D eigenvalue weighted by molar-refractivity contribution is 0.483. The number of nitrogens with one attached hydrogen (secondary N) is 1. The summed E-state index contributed by atoms with van der Waals surface area (Å²) in [5.74, 6) is 0. The second-order valence-electron chi connectivity index (χ2n) is 3.33. The van der Waals surface area contributed by atoms with Gasteiger partial charge in [-0.25, -0.2) is 0 Å². The van der Waals surface area contributed by atoms with Crippen LogP contribution in [0.4, 0.5) is 0 Å². The summed E-state index contributed by atoms with van der Waals surface area (Å²) in [5.41, 5.74) is 2.10. The average molecular weight is 213 g/mol. The van der Waals surface area contributed by atoms with E-state index in [0.717, 1.165) is 30.6 Å². The van der Waals surface area contributed by atoms with Crippen LogP contribution in [0.3, 0.4) is 0 Å². The van der Waals surface area contributed by atoms with E-state index < -0.39 is 10.1 Å². The van der Waals surface area contributed by atoms with Crippen LogP contribution in [0.25, 0.3) is 0 Å². The Hall–Kier alpha value is -0.910. The van der Waals surface area contributed by atoms with Crippen molar-refractivity contribution in [3.05, 3.63) is 29.3 Å². The van der Waals surface area contributed by atoms with Gasteiger partial charge in [0.2, 0.25) is 0 Å². The molecule has 2 N–H and O–H groups in total. The molecule has 0 amide bonds. The third-order valence-corrected chi connectivity index (χ3v) is 3.21. The molecule has 5 heteroatoms. The first-order chi connectivity index (χ1) is 6.57. The Balaban J connectivity index is 2.49. The second kappa shape index (κ2) is 3.34. The molecular formula is C9H11NO3S. The fourth-order valence-electron chi connectivity index (χ4n) is 1.61. The fourth-order valence-corrected chi connectivity index (χ4v) is 2.15. The van der Waals surface area contributed by atoms with Gasteiger partial charge in [-0.2, -0.15) is 8.42 Å². The molecule has 2 rings (SSSR count). The minimum Gasteiger partial charge on any atom is -0.312 e. The quantitative estimate of drug-likeness (QED) is 0.670. The molecule has 0 saturated carbocycles. The molecule has 4 nitrogen and oxygen atoms in total. The molecule has 0 aliphatic carbocycles. The minimum absolute atomic E-state index is 0.0156. The van der Waals surface area contributed by atoms with Crippen molar-refractivity contribution >= 4 is 10.1 Å². The van der Waals surface area contributed by atoms with Crippen molar-refractivity contribution in [2.24, 2.45) is 0 Å². The molecule has 1 heterocycles. The number of hydrogen-bond acceptors (Lipinski definition) is 3. The smallest absolute Gasteiger partial charge is 0.294 e. The van der Waals surface area contributed by atoms with Gasteiger partial charge in [0.15, 0.2) is 0 Å². The van der Waals surface area contributed by atoms with Crippen molar-refractivity contribution in [1.82, 2.24) is 5.32 Å². The highest BCUT2D eigenvalue weighted by molar-refractivity contribution is 7.85. The predicted molar refractivity (Wildman–Crippen MR) is 51.7 cm³/mol.